The van der Waals surface area contributed by atoms with Crippen molar-refractivity contribution < 1.29 is 0 Å². The molecule has 0 radical (unpaired) electrons. The average molecular weight is 357 g/mol. The normalized spacial score (nSPS) is 17.2. The van der Waals surface area contributed by atoms with Gasteiger partial charge < -0.3 is 4.90 Å². The molecular formula is C22H29ClN2. The number of amidine groups is 1. The molecular weight excluding hydrogens is 328 g/mol. The molecule has 0 saturated heterocycles. The largest absolute Gasteiger partial charge is 0.330 e. The predicted octanol–water partition coefficient (Wildman–Crippen LogP) is 5.91. The molecule has 3 rings (SSSR count). The molecule has 2 nitrogen and oxygen atoms in total. The second-order valence-electron chi connectivity index (χ2n) is 6.54. The van der Waals surface area contributed by atoms with Crippen LogP contribution in [0.15, 0.2) is 65.7 Å². The standard InChI is InChI=1S/C22H28N2.ClH/c1-2-10-16-22(23-18-11-3-1)24(21-14-8-5-9-15-21)19-17-20-12-6-4-7-13-20;/h4-9,12-15H,1-3,10-11,16-19H2;1H/b23-22-;. The van der Waals surface area contributed by atoms with E-state index in [4.69, 9.17) is 4.99 Å². The van der Waals surface area contributed by atoms with Crippen molar-refractivity contribution >= 4 is 23.9 Å². The minimum absolute atomic E-state index is 0. The third kappa shape index (κ3) is 6.21. The summed E-state index contributed by atoms with van der Waals surface area (Å²) >= 11 is 0. The molecule has 1 aliphatic heterocycles. The van der Waals surface area contributed by atoms with Crippen LogP contribution in [-0.2, 0) is 6.42 Å². The topological polar surface area (TPSA) is 15.6 Å². The minimum atomic E-state index is 0. The van der Waals surface area contributed by atoms with Crippen molar-refractivity contribution in [2.24, 2.45) is 4.99 Å². The maximum atomic E-state index is 4.97. The van der Waals surface area contributed by atoms with E-state index in [0.29, 0.717) is 0 Å². The highest BCUT2D eigenvalue weighted by Gasteiger charge is 2.14. The molecule has 0 atom stereocenters. The lowest BCUT2D eigenvalue weighted by Gasteiger charge is -2.27. The molecule has 0 aromatic heterocycles. The zero-order chi connectivity index (χ0) is 16.5. The minimum Gasteiger partial charge on any atom is -0.330 e. The Morgan fingerprint density at radius 3 is 2.16 bits per heavy atom. The van der Waals surface area contributed by atoms with Gasteiger partial charge in [0, 0.05) is 25.2 Å². The third-order valence-electron chi connectivity index (χ3n) is 4.70. The SMILES string of the molecule is Cl.c1ccc(CCN(/C2=N\CCCCCCC2)c2ccccc2)cc1. The molecule has 1 heterocycles. The van der Waals surface area contributed by atoms with E-state index in [1.165, 1.54) is 49.2 Å². The summed E-state index contributed by atoms with van der Waals surface area (Å²) in [6.45, 7) is 1.97. The van der Waals surface area contributed by atoms with Crippen molar-refractivity contribution in [1.29, 1.82) is 0 Å². The summed E-state index contributed by atoms with van der Waals surface area (Å²) in [5, 5.41) is 0. The number of para-hydroxylation sites is 1. The van der Waals surface area contributed by atoms with Crippen molar-refractivity contribution in [3.05, 3.63) is 66.2 Å². The van der Waals surface area contributed by atoms with Gasteiger partial charge in [-0.05, 0) is 37.0 Å². The van der Waals surface area contributed by atoms with Gasteiger partial charge in [0.05, 0.1) is 0 Å². The summed E-state index contributed by atoms with van der Waals surface area (Å²) in [5.74, 6) is 1.28. The van der Waals surface area contributed by atoms with Crippen LogP contribution in [-0.4, -0.2) is 18.9 Å². The van der Waals surface area contributed by atoms with Crippen LogP contribution in [0.2, 0.25) is 0 Å². The molecule has 2 aromatic carbocycles. The Morgan fingerprint density at radius 1 is 0.760 bits per heavy atom. The molecule has 0 saturated carbocycles. The number of anilines is 1. The number of nitrogens with zero attached hydrogens (tertiary/aromatic N) is 2. The quantitative estimate of drug-likeness (QED) is 0.664. The van der Waals surface area contributed by atoms with Gasteiger partial charge in [0.15, 0.2) is 0 Å². The second kappa shape index (κ2) is 10.9. The molecule has 2 aromatic rings. The van der Waals surface area contributed by atoms with E-state index in [-0.39, 0.29) is 12.4 Å². The number of halogens is 1. The molecule has 0 bridgehead atoms. The van der Waals surface area contributed by atoms with Crippen LogP contribution in [0.25, 0.3) is 0 Å². The van der Waals surface area contributed by atoms with Crippen LogP contribution in [0.3, 0.4) is 0 Å². The Kier molecular flexibility index (Phi) is 8.54. The number of hydrogen-bond donors (Lipinski definition) is 0. The van der Waals surface area contributed by atoms with Gasteiger partial charge in [0.1, 0.15) is 5.84 Å². The Hall–Kier alpha value is -1.80. The van der Waals surface area contributed by atoms with Crippen molar-refractivity contribution in [3.63, 3.8) is 0 Å². The molecule has 0 aliphatic carbocycles. The molecule has 0 N–H and O–H groups in total. The van der Waals surface area contributed by atoms with E-state index in [1.807, 2.05) is 0 Å². The van der Waals surface area contributed by atoms with Crippen molar-refractivity contribution in [2.75, 3.05) is 18.0 Å². The summed E-state index contributed by atoms with van der Waals surface area (Å²) in [5.41, 5.74) is 2.66. The highest BCUT2D eigenvalue weighted by Crippen LogP contribution is 2.19. The first kappa shape index (κ1) is 19.5. The van der Waals surface area contributed by atoms with E-state index < -0.39 is 0 Å². The van der Waals surface area contributed by atoms with Gasteiger partial charge in [0.25, 0.3) is 0 Å². The molecule has 0 spiro atoms. The number of hydrogen-bond acceptors (Lipinski definition) is 2. The zero-order valence-electron chi connectivity index (χ0n) is 14.9. The molecule has 25 heavy (non-hydrogen) atoms. The molecule has 0 unspecified atom stereocenters. The Morgan fingerprint density at radius 2 is 1.40 bits per heavy atom. The van der Waals surface area contributed by atoms with Crippen LogP contribution in [0.4, 0.5) is 5.69 Å². The van der Waals surface area contributed by atoms with Crippen LogP contribution in [0.5, 0.6) is 0 Å². The first-order valence-corrected chi connectivity index (χ1v) is 9.33. The van der Waals surface area contributed by atoms with Crippen LogP contribution >= 0.6 is 12.4 Å². The molecule has 3 heteroatoms. The molecule has 1 aliphatic rings. The van der Waals surface area contributed by atoms with Crippen LogP contribution < -0.4 is 4.90 Å². The first-order valence-electron chi connectivity index (χ1n) is 9.33. The average Bonchev–Trinajstić information content (AvgIpc) is 2.78. The van der Waals surface area contributed by atoms with Gasteiger partial charge >= 0.3 is 0 Å². The summed E-state index contributed by atoms with van der Waals surface area (Å²) in [6, 6.07) is 21.5. The summed E-state index contributed by atoms with van der Waals surface area (Å²) < 4.78 is 0. The summed E-state index contributed by atoms with van der Waals surface area (Å²) in [6.07, 6.45) is 8.65. The maximum absolute atomic E-state index is 4.97. The van der Waals surface area contributed by atoms with Gasteiger partial charge in [-0.15, -0.1) is 12.4 Å². The smallest absolute Gasteiger partial charge is 0.103 e. The summed E-state index contributed by atoms with van der Waals surface area (Å²) in [4.78, 5) is 7.42. The maximum Gasteiger partial charge on any atom is 0.103 e. The lowest BCUT2D eigenvalue weighted by Crippen LogP contribution is -2.33. The molecule has 0 fully saturated rings. The fourth-order valence-corrected chi connectivity index (χ4v) is 3.33. The van der Waals surface area contributed by atoms with Gasteiger partial charge in [-0.1, -0.05) is 67.8 Å². The summed E-state index contributed by atoms with van der Waals surface area (Å²) in [7, 11) is 0. The van der Waals surface area contributed by atoms with E-state index in [0.717, 1.165) is 25.9 Å². The lowest BCUT2D eigenvalue weighted by molar-refractivity contribution is 0.638. The zero-order valence-corrected chi connectivity index (χ0v) is 15.8. The van der Waals surface area contributed by atoms with Crippen molar-refractivity contribution in [2.45, 2.75) is 44.9 Å². The fraction of sp³-hybridized carbons (Fsp3) is 0.409. The number of aliphatic imine (C=N–C) groups is 1. The van der Waals surface area contributed by atoms with Gasteiger partial charge in [-0.25, -0.2) is 0 Å². The molecule has 0 amide bonds. The second-order valence-corrected chi connectivity index (χ2v) is 6.54. The fourth-order valence-electron chi connectivity index (χ4n) is 3.33. The van der Waals surface area contributed by atoms with Crippen LogP contribution in [0.1, 0.15) is 44.1 Å². The first-order chi connectivity index (χ1) is 11.9. The lowest BCUT2D eigenvalue weighted by atomic mass is 10.1. The third-order valence-corrected chi connectivity index (χ3v) is 4.70. The Balaban J connectivity index is 0.00000225. The number of benzene rings is 2. The van der Waals surface area contributed by atoms with E-state index in [9.17, 15) is 0 Å². The Bertz CT molecular complexity index is 625. The van der Waals surface area contributed by atoms with E-state index >= 15 is 0 Å². The number of rotatable bonds is 4. The van der Waals surface area contributed by atoms with E-state index in [1.54, 1.807) is 0 Å². The van der Waals surface area contributed by atoms with Crippen LogP contribution in [0, 0.1) is 0 Å². The molecule has 134 valence electrons. The predicted molar refractivity (Wildman–Crippen MR) is 111 cm³/mol. The van der Waals surface area contributed by atoms with E-state index in [2.05, 4.69) is 65.6 Å². The van der Waals surface area contributed by atoms with Crippen molar-refractivity contribution in [1.82, 2.24) is 0 Å². The van der Waals surface area contributed by atoms with Gasteiger partial charge in [-0.3, -0.25) is 4.99 Å². The Labute approximate surface area is 158 Å². The van der Waals surface area contributed by atoms with Gasteiger partial charge in [-0.2, -0.15) is 0 Å². The highest BCUT2D eigenvalue weighted by atomic mass is 35.5. The highest BCUT2D eigenvalue weighted by molar-refractivity contribution is 5.97. The van der Waals surface area contributed by atoms with Gasteiger partial charge in [0.2, 0.25) is 0 Å². The van der Waals surface area contributed by atoms with Crippen molar-refractivity contribution in [3.8, 4) is 0 Å². The monoisotopic (exact) mass is 356 g/mol.